The topological polar surface area (TPSA) is 68.3 Å². The fourth-order valence-corrected chi connectivity index (χ4v) is 6.20. The molecule has 5 rings (SSSR count). The highest BCUT2D eigenvalue weighted by Gasteiger charge is 2.52. The third kappa shape index (κ3) is 3.95. The molecular weight excluding hydrogens is 416 g/mol. The highest BCUT2D eigenvalue weighted by atomic mass is 32.1. The summed E-state index contributed by atoms with van der Waals surface area (Å²) in [6.07, 6.45) is 2.97. The smallest absolute Gasteiger partial charge is 0.290 e. The van der Waals surface area contributed by atoms with E-state index in [1.807, 2.05) is 22.4 Å². The Morgan fingerprint density at radius 3 is 2.77 bits per heavy atom. The van der Waals surface area contributed by atoms with Crippen LogP contribution in [0.4, 0.5) is 0 Å². The normalized spacial score (nSPS) is 31.6. The highest BCUT2D eigenvalue weighted by Crippen LogP contribution is 2.47. The van der Waals surface area contributed by atoms with Crippen molar-refractivity contribution in [3.8, 4) is 0 Å². The molecule has 1 aliphatic carbocycles. The van der Waals surface area contributed by atoms with Crippen LogP contribution in [0.15, 0.2) is 28.8 Å². The Hall–Kier alpha value is -1.74. The Morgan fingerprint density at radius 2 is 2.03 bits per heavy atom. The average Bonchev–Trinajstić information content (AvgIpc) is 3.42. The molecule has 0 radical (unpaired) electrons. The first kappa shape index (κ1) is 21.1. The maximum Gasteiger partial charge on any atom is 0.290 e. The summed E-state index contributed by atoms with van der Waals surface area (Å²) in [5.41, 5.74) is 0.580. The standard InChI is InChI=1S/C23H30N2O5S/c1-28-15-5-6-16-17(14-15)30-22-19(21(16)26)20(18-4-2-13-31-18)25(23(22)27)8-3-7-24-9-11-29-12-10-24/h2,4,13,15-17,20H,3,5-12,14H2,1H3. The number of carbonyl (C=O) groups excluding carboxylic acids is 2. The van der Waals surface area contributed by atoms with Crippen molar-refractivity contribution in [2.45, 2.75) is 43.9 Å². The van der Waals surface area contributed by atoms with E-state index in [2.05, 4.69) is 4.90 Å². The van der Waals surface area contributed by atoms with Gasteiger partial charge in [0.1, 0.15) is 6.10 Å². The lowest BCUT2D eigenvalue weighted by Crippen LogP contribution is -2.43. The van der Waals surface area contributed by atoms with Gasteiger partial charge in [0, 0.05) is 44.6 Å². The van der Waals surface area contributed by atoms with Crippen LogP contribution in [-0.4, -0.2) is 80.2 Å². The molecule has 0 N–H and O–H groups in total. The first-order valence-corrected chi connectivity index (χ1v) is 12.2. The van der Waals surface area contributed by atoms with Gasteiger partial charge in [-0.3, -0.25) is 14.5 Å². The van der Waals surface area contributed by atoms with Gasteiger partial charge in [0.2, 0.25) is 0 Å². The van der Waals surface area contributed by atoms with Crippen LogP contribution in [0.5, 0.6) is 0 Å². The molecule has 1 aromatic heterocycles. The highest BCUT2D eigenvalue weighted by molar-refractivity contribution is 7.10. The molecule has 168 valence electrons. The van der Waals surface area contributed by atoms with Gasteiger partial charge < -0.3 is 19.1 Å². The summed E-state index contributed by atoms with van der Waals surface area (Å²) in [5.74, 6) is 0.0754. The van der Waals surface area contributed by atoms with Crippen molar-refractivity contribution >= 4 is 23.0 Å². The van der Waals surface area contributed by atoms with Gasteiger partial charge >= 0.3 is 0 Å². The number of amides is 1. The lowest BCUT2D eigenvalue weighted by molar-refractivity contribution is -0.138. The number of ether oxygens (including phenoxy) is 3. The summed E-state index contributed by atoms with van der Waals surface area (Å²) in [6, 6.07) is 3.69. The first-order chi connectivity index (χ1) is 15.2. The van der Waals surface area contributed by atoms with Crippen LogP contribution >= 0.6 is 11.3 Å². The molecule has 4 unspecified atom stereocenters. The van der Waals surface area contributed by atoms with Gasteiger partial charge in [0.25, 0.3) is 5.91 Å². The van der Waals surface area contributed by atoms with Crippen molar-refractivity contribution in [1.29, 1.82) is 0 Å². The molecule has 31 heavy (non-hydrogen) atoms. The summed E-state index contributed by atoms with van der Waals surface area (Å²) in [5, 5.41) is 2.00. The molecule has 0 spiro atoms. The number of ketones is 1. The van der Waals surface area contributed by atoms with Crippen LogP contribution in [-0.2, 0) is 23.8 Å². The predicted octanol–water partition coefficient (Wildman–Crippen LogP) is 2.39. The van der Waals surface area contributed by atoms with Gasteiger partial charge in [-0.15, -0.1) is 11.3 Å². The average molecular weight is 447 g/mol. The SMILES string of the molecule is COC1CCC2C(=O)C3=C(OC2C1)C(=O)N(CCCN1CCOCC1)C3c1cccs1. The lowest BCUT2D eigenvalue weighted by atomic mass is 9.77. The van der Waals surface area contributed by atoms with Crippen molar-refractivity contribution in [3.05, 3.63) is 33.7 Å². The van der Waals surface area contributed by atoms with Gasteiger partial charge in [-0.05, 0) is 30.7 Å². The number of Topliss-reactive ketones (excluding diaryl/α,β-unsaturated/α-hetero) is 1. The van der Waals surface area contributed by atoms with Crippen LogP contribution < -0.4 is 0 Å². The molecule has 8 heteroatoms. The number of thiophene rings is 1. The Morgan fingerprint density at radius 1 is 1.19 bits per heavy atom. The van der Waals surface area contributed by atoms with Crippen LogP contribution in [0.3, 0.4) is 0 Å². The van der Waals surface area contributed by atoms with E-state index in [0.29, 0.717) is 18.5 Å². The van der Waals surface area contributed by atoms with Crippen LogP contribution in [0, 0.1) is 5.92 Å². The second-order valence-electron chi connectivity index (χ2n) is 8.76. The molecular formula is C23H30N2O5S. The number of methoxy groups -OCH3 is 1. The van der Waals surface area contributed by atoms with Gasteiger partial charge in [-0.1, -0.05) is 6.07 Å². The van der Waals surface area contributed by atoms with Crippen molar-refractivity contribution in [1.82, 2.24) is 9.80 Å². The summed E-state index contributed by atoms with van der Waals surface area (Å²) < 4.78 is 17.2. The Bertz CT molecular complexity index is 848. The Balaban J connectivity index is 1.37. The zero-order chi connectivity index (χ0) is 21.4. The summed E-state index contributed by atoms with van der Waals surface area (Å²) in [4.78, 5) is 32.3. The summed E-state index contributed by atoms with van der Waals surface area (Å²) >= 11 is 1.60. The van der Waals surface area contributed by atoms with E-state index in [4.69, 9.17) is 14.2 Å². The minimum Gasteiger partial charge on any atom is -0.483 e. The van der Waals surface area contributed by atoms with E-state index in [1.165, 1.54) is 0 Å². The quantitative estimate of drug-likeness (QED) is 0.669. The number of morpholine rings is 1. The van der Waals surface area contributed by atoms with Crippen LogP contribution in [0.1, 0.15) is 36.6 Å². The van der Waals surface area contributed by atoms with E-state index in [1.54, 1.807) is 18.4 Å². The van der Waals surface area contributed by atoms with Crippen molar-refractivity contribution in [3.63, 3.8) is 0 Å². The zero-order valence-corrected chi connectivity index (χ0v) is 18.8. The third-order valence-electron chi connectivity index (χ3n) is 7.02. The lowest BCUT2D eigenvalue weighted by Gasteiger charge is -2.38. The monoisotopic (exact) mass is 446 g/mol. The summed E-state index contributed by atoms with van der Waals surface area (Å²) in [6.45, 7) is 4.93. The van der Waals surface area contributed by atoms with E-state index in [0.717, 1.165) is 57.0 Å². The number of nitrogens with zero attached hydrogens (tertiary/aromatic N) is 2. The molecule has 1 saturated carbocycles. The molecule has 1 amide bonds. The molecule has 1 aromatic rings. The first-order valence-electron chi connectivity index (χ1n) is 11.3. The molecule has 3 aliphatic heterocycles. The minimum absolute atomic E-state index is 0.0884. The molecule has 1 saturated heterocycles. The number of rotatable bonds is 6. The van der Waals surface area contributed by atoms with Crippen LogP contribution in [0.2, 0.25) is 0 Å². The fraction of sp³-hybridized carbons (Fsp3) is 0.652. The van der Waals surface area contributed by atoms with Crippen molar-refractivity contribution < 1.29 is 23.8 Å². The second-order valence-corrected chi connectivity index (χ2v) is 9.74. The Kier molecular flexibility index (Phi) is 6.14. The fourth-order valence-electron chi connectivity index (χ4n) is 5.35. The number of hydrogen-bond acceptors (Lipinski definition) is 7. The van der Waals surface area contributed by atoms with Crippen molar-refractivity contribution in [2.24, 2.45) is 5.92 Å². The zero-order valence-electron chi connectivity index (χ0n) is 18.0. The molecule has 4 atom stereocenters. The molecule has 2 fully saturated rings. The van der Waals surface area contributed by atoms with Crippen LogP contribution in [0.25, 0.3) is 0 Å². The summed E-state index contributed by atoms with van der Waals surface area (Å²) in [7, 11) is 1.70. The molecule has 0 aromatic carbocycles. The van der Waals surface area contributed by atoms with E-state index < -0.39 is 0 Å². The molecule has 4 aliphatic rings. The number of hydrogen-bond donors (Lipinski definition) is 0. The van der Waals surface area contributed by atoms with Gasteiger partial charge in [-0.25, -0.2) is 0 Å². The maximum atomic E-state index is 13.6. The van der Waals surface area contributed by atoms with E-state index in [-0.39, 0.29) is 41.6 Å². The molecule has 0 bridgehead atoms. The second kappa shape index (κ2) is 9.02. The minimum atomic E-state index is -0.319. The van der Waals surface area contributed by atoms with E-state index in [9.17, 15) is 9.59 Å². The molecule has 7 nitrogen and oxygen atoms in total. The number of fused-ring (bicyclic) bond motifs is 1. The van der Waals surface area contributed by atoms with Gasteiger partial charge in [0.15, 0.2) is 11.5 Å². The largest absolute Gasteiger partial charge is 0.483 e. The van der Waals surface area contributed by atoms with Gasteiger partial charge in [-0.2, -0.15) is 0 Å². The van der Waals surface area contributed by atoms with E-state index >= 15 is 0 Å². The number of carbonyl (C=O) groups is 2. The maximum absolute atomic E-state index is 13.6. The predicted molar refractivity (Wildman–Crippen MR) is 116 cm³/mol. The Labute approximate surface area is 186 Å². The van der Waals surface area contributed by atoms with Crippen molar-refractivity contribution in [2.75, 3.05) is 46.5 Å². The van der Waals surface area contributed by atoms with Gasteiger partial charge in [0.05, 0.1) is 36.9 Å². The third-order valence-corrected chi connectivity index (χ3v) is 7.95. The molecule has 4 heterocycles.